The predicted molar refractivity (Wildman–Crippen MR) is 208 cm³/mol. The van der Waals surface area contributed by atoms with Gasteiger partial charge in [0.25, 0.3) is 0 Å². The number of nitrogens with zero attached hydrogens (tertiary/aromatic N) is 1. The Balaban J connectivity index is 1.75. The third-order valence-electron chi connectivity index (χ3n) is 8.48. The number of nitrogens with one attached hydrogen (secondary N) is 2. The number of amides is 2. The summed E-state index contributed by atoms with van der Waals surface area (Å²) in [4.78, 5) is 41.9. The lowest BCUT2D eigenvalue weighted by molar-refractivity contribution is -0.203. The Morgan fingerprint density at radius 2 is 1.42 bits per heavy atom. The predicted octanol–water partition coefficient (Wildman–Crippen LogP) is 9.32. The van der Waals surface area contributed by atoms with E-state index >= 15 is 0 Å². The van der Waals surface area contributed by atoms with Gasteiger partial charge in [0.2, 0.25) is 6.29 Å². The largest absolute Gasteiger partial charge is 0.497 e. The fraction of sp³-hybridized carbons (Fsp3) is 0.500. The van der Waals surface area contributed by atoms with Gasteiger partial charge >= 0.3 is 18.0 Å². The topological polar surface area (TPSA) is 115 Å². The number of esters is 2. The molecule has 10 heteroatoms. The number of anilines is 3. The van der Waals surface area contributed by atoms with E-state index in [2.05, 4.69) is 43.2 Å². The molecule has 0 aromatic heterocycles. The molecule has 0 aliphatic heterocycles. The highest BCUT2D eigenvalue weighted by atomic mass is 16.7. The zero-order valence-electron chi connectivity index (χ0n) is 32.7. The molecule has 10 nitrogen and oxygen atoms in total. The first-order valence-corrected chi connectivity index (χ1v) is 18.4. The van der Waals surface area contributed by atoms with Crippen LogP contribution in [0.25, 0.3) is 0 Å². The molecule has 3 aromatic rings. The number of methoxy groups -OCH3 is 1. The first kappa shape index (κ1) is 41.8. The minimum atomic E-state index is -1.07. The Kier molecular flexibility index (Phi) is 16.5. The summed E-state index contributed by atoms with van der Waals surface area (Å²) in [6, 6.07) is 20.7. The molecule has 2 amide bonds. The van der Waals surface area contributed by atoms with Gasteiger partial charge in [-0.1, -0.05) is 84.4 Å². The fourth-order valence-electron chi connectivity index (χ4n) is 5.65. The lowest BCUT2D eigenvalue weighted by Gasteiger charge is -2.31. The Morgan fingerprint density at radius 3 is 1.98 bits per heavy atom. The van der Waals surface area contributed by atoms with Crippen LogP contribution in [0, 0.1) is 24.7 Å². The SMILES string of the molecule is CCC(CC(=O)OC(OC(=O)[C@H](C)OCc1ccc(OC)cc1)C(C)C)c1ccc(N(CC(C)C)CC(C)C)c(NC(=O)Nc2ccc(C)cc2)c1. The molecule has 0 saturated heterocycles. The number of carbonyl (C=O) groups is 3. The normalized spacial score (nSPS) is 13.0. The van der Waals surface area contributed by atoms with Crippen LogP contribution in [0.1, 0.15) is 90.8 Å². The summed E-state index contributed by atoms with van der Waals surface area (Å²) in [5, 5.41) is 6.03. The molecule has 2 N–H and O–H groups in total. The summed E-state index contributed by atoms with van der Waals surface area (Å²) >= 11 is 0. The number of hydrogen-bond donors (Lipinski definition) is 2. The molecular formula is C42H59N3O7. The van der Waals surface area contributed by atoms with Crippen molar-refractivity contribution < 1.29 is 33.3 Å². The van der Waals surface area contributed by atoms with Gasteiger partial charge in [0.05, 0.1) is 31.5 Å². The number of aryl methyl sites for hydroxylation is 1. The lowest BCUT2D eigenvalue weighted by Crippen LogP contribution is -2.34. The molecule has 0 aliphatic rings. The Morgan fingerprint density at radius 1 is 0.788 bits per heavy atom. The van der Waals surface area contributed by atoms with Crippen molar-refractivity contribution in [2.24, 2.45) is 17.8 Å². The van der Waals surface area contributed by atoms with Crippen molar-refractivity contribution in [1.82, 2.24) is 0 Å². The summed E-state index contributed by atoms with van der Waals surface area (Å²) in [5.74, 6) is -0.0585. The van der Waals surface area contributed by atoms with Gasteiger partial charge in [-0.3, -0.25) is 4.79 Å². The summed E-state index contributed by atoms with van der Waals surface area (Å²) in [7, 11) is 1.60. The van der Waals surface area contributed by atoms with E-state index in [0.29, 0.717) is 29.6 Å². The molecule has 2 unspecified atom stereocenters. The summed E-state index contributed by atoms with van der Waals surface area (Å²) in [6.45, 7) is 19.8. The first-order valence-electron chi connectivity index (χ1n) is 18.4. The molecule has 0 saturated carbocycles. The average molecular weight is 718 g/mol. The first-order chi connectivity index (χ1) is 24.7. The van der Waals surface area contributed by atoms with Gasteiger partial charge in [-0.05, 0) is 85.5 Å². The van der Waals surface area contributed by atoms with Crippen LogP contribution in [0.15, 0.2) is 66.7 Å². The van der Waals surface area contributed by atoms with Crippen LogP contribution in [0.3, 0.4) is 0 Å². The summed E-state index contributed by atoms with van der Waals surface area (Å²) in [6.07, 6.45) is -1.23. The second kappa shape index (κ2) is 20.5. The van der Waals surface area contributed by atoms with Gasteiger partial charge in [-0.15, -0.1) is 0 Å². The molecule has 0 radical (unpaired) electrons. The van der Waals surface area contributed by atoms with Crippen molar-refractivity contribution in [2.45, 2.75) is 100 Å². The maximum atomic E-state index is 13.4. The zero-order valence-corrected chi connectivity index (χ0v) is 32.7. The van der Waals surface area contributed by atoms with Crippen LogP contribution in [0.5, 0.6) is 5.75 Å². The smallest absolute Gasteiger partial charge is 0.338 e. The number of hydrogen-bond acceptors (Lipinski definition) is 8. The van der Waals surface area contributed by atoms with Gasteiger partial charge in [0.15, 0.2) is 6.10 Å². The number of ether oxygens (including phenoxy) is 4. The number of carbonyl (C=O) groups excluding carboxylic acids is 3. The molecule has 0 bridgehead atoms. The van der Waals surface area contributed by atoms with E-state index in [9.17, 15) is 14.4 Å². The third-order valence-corrected chi connectivity index (χ3v) is 8.48. The summed E-state index contributed by atoms with van der Waals surface area (Å²) < 4.78 is 22.3. The quantitative estimate of drug-likeness (QED) is 0.0932. The number of urea groups is 1. The molecule has 0 aliphatic carbocycles. The number of benzene rings is 3. The van der Waals surface area contributed by atoms with Gasteiger partial charge in [-0.2, -0.15) is 0 Å². The van der Waals surface area contributed by atoms with Crippen molar-refractivity contribution in [2.75, 3.05) is 35.7 Å². The molecule has 3 rings (SSSR count). The van der Waals surface area contributed by atoms with Crippen LogP contribution >= 0.6 is 0 Å². The Labute approximate surface area is 310 Å². The zero-order chi connectivity index (χ0) is 38.4. The van der Waals surface area contributed by atoms with Gasteiger partial charge in [0.1, 0.15) is 5.75 Å². The van der Waals surface area contributed by atoms with E-state index in [1.54, 1.807) is 14.0 Å². The van der Waals surface area contributed by atoms with E-state index in [0.717, 1.165) is 41.2 Å². The van der Waals surface area contributed by atoms with E-state index in [4.69, 9.17) is 18.9 Å². The average Bonchev–Trinajstić information content (AvgIpc) is 3.09. The summed E-state index contributed by atoms with van der Waals surface area (Å²) in [5.41, 5.74) is 5.14. The van der Waals surface area contributed by atoms with Gasteiger partial charge in [0, 0.05) is 24.7 Å². The molecule has 3 aromatic carbocycles. The third kappa shape index (κ3) is 13.5. The molecule has 0 heterocycles. The van der Waals surface area contributed by atoms with Crippen LogP contribution in [-0.4, -0.2) is 50.6 Å². The lowest BCUT2D eigenvalue weighted by atomic mass is 9.92. The van der Waals surface area contributed by atoms with Crippen LogP contribution in [-0.2, 0) is 30.4 Å². The van der Waals surface area contributed by atoms with Crippen molar-refractivity contribution >= 4 is 35.0 Å². The van der Waals surface area contributed by atoms with E-state index in [1.807, 2.05) is 94.4 Å². The second-order valence-electron chi connectivity index (χ2n) is 14.6. The van der Waals surface area contributed by atoms with Crippen molar-refractivity contribution in [1.29, 1.82) is 0 Å². The Bertz CT molecular complexity index is 1560. The highest BCUT2D eigenvalue weighted by Gasteiger charge is 2.28. The molecule has 284 valence electrons. The van der Waals surface area contributed by atoms with Gasteiger partial charge in [-0.25, -0.2) is 9.59 Å². The molecule has 3 atom stereocenters. The highest BCUT2D eigenvalue weighted by Crippen LogP contribution is 2.34. The standard InChI is InChI=1S/C42H59N3O7/c1-11-33(23-39(46)51-41(29(6)7)52-40(47)31(9)50-26-32-14-19-36(49-10)20-15-32)34-16-21-38(45(24-27(2)3)25-28(4)5)37(22-34)44-42(48)43-35-17-12-30(8)13-18-35/h12-22,27-29,31,33,41H,11,23-26H2,1-10H3,(H2,43,44,48)/t31-,33?,41?/m0/s1. The van der Waals surface area contributed by atoms with Crippen molar-refractivity contribution in [3.05, 3.63) is 83.4 Å². The minimum absolute atomic E-state index is 0.0663. The molecule has 0 spiro atoms. The Hall–Kier alpha value is -4.57. The maximum absolute atomic E-state index is 13.4. The molecule has 0 fully saturated rings. The highest BCUT2D eigenvalue weighted by molar-refractivity contribution is 6.02. The van der Waals surface area contributed by atoms with E-state index in [-0.39, 0.29) is 30.9 Å². The fourth-order valence-corrected chi connectivity index (χ4v) is 5.65. The molecule has 52 heavy (non-hydrogen) atoms. The van der Waals surface area contributed by atoms with E-state index < -0.39 is 24.3 Å². The number of rotatable bonds is 19. The molecular weight excluding hydrogens is 658 g/mol. The minimum Gasteiger partial charge on any atom is -0.497 e. The van der Waals surface area contributed by atoms with Crippen LogP contribution < -0.4 is 20.3 Å². The second-order valence-corrected chi connectivity index (χ2v) is 14.6. The van der Waals surface area contributed by atoms with Crippen molar-refractivity contribution in [3.8, 4) is 5.75 Å². The maximum Gasteiger partial charge on any atom is 0.338 e. The van der Waals surface area contributed by atoms with E-state index in [1.165, 1.54) is 0 Å². The van der Waals surface area contributed by atoms with Crippen LogP contribution in [0.4, 0.5) is 21.9 Å². The monoisotopic (exact) mass is 717 g/mol. The van der Waals surface area contributed by atoms with Crippen LogP contribution in [0.2, 0.25) is 0 Å². The van der Waals surface area contributed by atoms with Crippen molar-refractivity contribution in [3.63, 3.8) is 0 Å². The van der Waals surface area contributed by atoms with Gasteiger partial charge < -0.3 is 34.5 Å².